The van der Waals surface area contributed by atoms with Crippen LogP contribution in [0.5, 0.6) is 5.75 Å². The summed E-state index contributed by atoms with van der Waals surface area (Å²) in [5.74, 6) is -1.41. The third kappa shape index (κ3) is 4.67. The molecule has 0 heterocycles. The maximum Gasteiger partial charge on any atom is 0.338 e. The molecule has 0 atom stereocenters. The van der Waals surface area contributed by atoms with Gasteiger partial charge in [-0.05, 0) is 36.2 Å². The van der Waals surface area contributed by atoms with E-state index >= 15 is 0 Å². The van der Waals surface area contributed by atoms with Crippen molar-refractivity contribution in [1.82, 2.24) is 0 Å². The van der Waals surface area contributed by atoms with E-state index in [0.717, 1.165) is 5.56 Å². The average Bonchev–Trinajstić information content (AvgIpc) is 2.59. The molecule has 0 aromatic heterocycles. The zero-order valence-corrected chi connectivity index (χ0v) is 13.9. The molecule has 25 heavy (non-hydrogen) atoms. The van der Waals surface area contributed by atoms with Crippen molar-refractivity contribution in [3.63, 3.8) is 0 Å². The third-order valence-electron chi connectivity index (χ3n) is 3.63. The third-order valence-corrected chi connectivity index (χ3v) is 3.63. The molecule has 2 aromatic rings. The summed E-state index contributed by atoms with van der Waals surface area (Å²) in [7, 11) is 1.24. The van der Waals surface area contributed by atoms with E-state index in [4.69, 9.17) is 14.6 Å². The van der Waals surface area contributed by atoms with Crippen LogP contribution in [0.2, 0.25) is 0 Å². The lowest BCUT2D eigenvalue weighted by atomic mass is 10.0. The Morgan fingerprint density at radius 2 is 1.68 bits per heavy atom. The standard InChI is InChI=1S/C19H18O6/c1-12(20)16-8-7-15(10-17(16)19(23)24-2)25-11-14-6-4-3-5-13(14)9-18(21)22/h3-8,10H,9,11H2,1-2H3,(H,21,22). The second kappa shape index (κ2) is 8.10. The van der Waals surface area contributed by atoms with Crippen LogP contribution in [0.25, 0.3) is 0 Å². The predicted octanol–water partition coefficient (Wildman–Crippen LogP) is 2.88. The maximum absolute atomic E-state index is 11.8. The summed E-state index contributed by atoms with van der Waals surface area (Å²) in [5.41, 5.74) is 1.78. The number of hydrogen-bond acceptors (Lipinski definition) is 5. The van der Waals surface area contributed by atoms with Gasteiger partial charge in [-0.2, -0.15) is 0 Å². The molecule has 0 spiro atoms. The number of rotatable bonds is 7. The zero-order chi connectivity index (χ0) is 18.4. The van der Waals surface area contributed by atoms with E-state index in [1.54, 1.807) is 30.3 Å². The Morgan fingerprint density at radius 1 is 1.00 bits per heavy atom. The molecule has 6 heteroatoms. The van der Waals surface area contributed by atoms with E-state index in [1.165, 1.54) is 26.2 Å². The normalized spacial score (nSPS) is 10.2. The second-order valence-corrected chi connectivity index (χ2v) is 5.38. The fourth-order valence-electron chi connectivity index (χ4n) is 2.39. The fourth-order valence-corrected chi connectivity index (χ4v) is 2.39. The Hall–Kier alpha value is -3.15. The van der Waals surface area contributed by atoms with Gasteiger partial charge in [-0.25, -0.2) is 4.79 Å². The van der Waals surface area contributed by atoms with Gasteiger partial charge in [-0.15, -0.1) is 0 Å². The minimum Gasteiger partial charge on any atom is -0.489 e. The van der Waals surface area contributed by atoms with Crippen molar-refractivity contribution in [2.45, 2.75) is 20.0 Å². The van der Waals surface area contributed by atoms with E-state index in [1.807, 2.05) is 0 Å². The molecule has 1 N–H and O–H groups in total. The first-order chi connectivity index (χ1) is 11.9. The Morgan fingerprint density at radius 3 is 2.28 bits per heavy atom. The van der Waals surface area contributed by atoms with Crippen molar-refractivity contribution in [2.75, 3.05) is 7.11 Å². The quantitative estimate of drug-likeness (QED) is 0.615. The van der Waals surface area contributed by atoms with Crippen LogP contribution >= 0.6 is 0 Å². The Balaban J connectivity index is 2.23. The van der Waals surface area contributed by atoms with E-state index in [0.29, 0.717) is 11.3 Å². The van der Waals surface area contributed by atoms with Gasteiger partial charge in [-0.1, -0.05) is 24.3 Å². The summed E-state index contributed by atoms with van der Waals surface area (Å²) in [6.45, 7) is 1.51. The van der Waals surface area contributed by atoms with Crippen LogP contribution < -0.4 is 4.74 Å². The lowest BCUT2D eigenvalue weighted by molar-refractivity contribution is -0.136. The maximum atomic E-state index is 11.8. The van der Waals surface area contributed by atoms with Crippen molar-refractivity contribution in [1.29, 1.82) is 0 Å². The second-order valence-electron chi connectivity index (χ2n) is 5.38. The van der Waals surface area contributed by atoms with Crippen LogP contribution in [0.4, 0.5) is 0 Å². The number of benzene rings is 2. The van der Waals surface area contributed by atoms with E-state index in [2.05, 4.69) is 0 Å². The number of hydrogen-bond donors (Lipinski definition) is 1. The van der Waals surface area contributed by atoms with Crippen LogP contribution in [0, 0.1) is 0 Å². The topological polar surface area (TPSA) is 89.9 Å². The molecule has 0 fully saturated rings. The number of Topliss-reactive ketones (excluding diaryl/α,β-unsaturated/α-hetero) is 1. The van der Waals surface area contributed by atoms with Crippen molar-refractivity contribution in [3.05, 3.63) is 64.7 Å². The Bertz CT molecular complexity index is 809. The smallest absolute Gasteiger partial charge is 0.338 e. The van der Waals surface area contributed by atoms with Gasteiger partial charge in [0.05, 0.1) is 19.1 Å². The highest BCUT2D eigenvalue weighted by atomic mass is 16.5. The molecule has 2 aromatic carbocycles. The van der Waals surface area contributed by atoms with Crippen molar-refractivity contribution >= 4 is 17.7 Å². The van der Waals surface area contributed by atoms with Gasteiger partial charge in [-0.3, -0.25) is 9.59 Å². The van der Waals surface area contributed by atoms with Gasteiger partial charge in [0.15, 0.2) is 5.78 Å². The number of methoxy groups -OCH3 is 1. The monoisotopic (exact) mass is 342 g/mol. The van der Waals surface area contributed by atoms with Crippen molar-refractivity contribution < 1.29 is 29.0 Å². The number of ketones is 1. The summed E-state index contributed by atoms with van der Waals surface area (Å²) in [4.78, 5) is 34.4. The number of carboxylic acids is 1. The molecule has 6 nitrogen and oxygen atoms in total. The van der Waals surface area contributed by atoms with E-state index < -0.39 is 11.9 Å². The van der Waals surface area contributed by atoms with Crippen LogP contribution in [0.1, 0.15) is 38.8 Å². The Kier molecular flexibility index (Phi) is 5.89. The molecule has 0 radical (unpaired) electrons. The molecule has 0 aliphatic heterocycles. The molecular formula is C19H18O6. The first-order valence-electron chi connectivity index (χ1n) is 7.57. The number of aliphatic carboxylic acids is 1. The summed E-state index contributed by atoms with van der Waals surface area (Å²) in [6, 6.07) is 11.6. The summed E-state index contributed by atoms with van der Waals surface area (Å²) in [6.07, 6.45) is -0.101. The Labute approximate surface area is 145 Å². The molecule has 0 amide bonds. The van der Waals surface area contributed by atoms with Crippen molar-refractivity contribution in [3.8, 4) is 5.75 Å². The van der Waals surface area contributed by atoms with Gasteiger partial charge >= 0.3 is 11.9 Å². The lowest BCUT2D eigenvalue weighted by Gasteiger charge is -2.12. The molecule has 0 saturated carbocycles. The first-order valence-corrected chi connectivity index (χ1v) is 7.57. The average molecular weight is 342 g/mol. The van der Waals surface area contributed by atoms with Crippen LogP contribution in [-0.4, -0.2) is 29.9 Å². The van der Waals surface area contributed by atoms with Gasteiger partial charge in [0, 0.05) is 5.56 Å². The summed E-state index contributed by atoms with van der Waals surface area (Å²) < 4.78 is 10.4. The zero-order valence-electron chi connectivity index (χ0n) is 13.9. The van der Waals surface area contributed by atoms with Gasteiger partial charge in [0.1, 0.15) is 12.4 Å². The van der Waals surface area contributed by atoms with E-state index in [-0.39, 0.29) is 29.9 Å². The molecule has 0 bridgehead atoms. The van der Waals surface area contributed by atoms with Gasteiger partial charge < -0.3 is 14.6 Å². The minimum atomic E-state index is -0.925. The number of ether oxygens (including phenoxy) is 2. The molecule has 2 rings (SSSR count). The van der Waals surface area contributed by atoms with Gasteiger partial charge in [0.25, 0.3) is 0 Å². The van der Waals surface area contributed by atoms with Crippen LogP contribution in [0.15, 0.2) is 42.5 Å². The fraction of sp³-hybridized carbons (Fsp3) is 0.211. The molecule has 0 saturated heterocycles. The number of esters is 1. The molecule has 0 unspecified atom stereocenters. The molecule has 0 aliphatic rings. The predicted molar refractivity (Wildman–Crippen MR) is 89.9 cm³/mol. The number of carbonyl (C=O) groups excluding carboxylic acids is 2. The SMILES string of the molecule is COC(=O)c1cc(OCc2ccccc2CC(=O)O)ccc1C(C)=O. The minimum absolute atomic E-state index is 0.101. The molecular weight excluding hydrogens is 324 g/mol. The van der Waals surface area contributed by atoms with Crippen LogP contribution in [-0.2, 0) is 22.6 Å². The van der Waals surface area contributed by atoms with Gasteiger partial charge in [0.2, 0.25) is 0 Å². The molecule has 130 valence electrons. The highest BCUT2D eigenvalue weighted by Gasteiger charge is 2.16. The van der Waals surface area contributed by atoms with Crippen molar-refractivity contribution in [2.24, 2.45) is 0 Å². The van der Waals surface area contributed by atoms with Crippen LogP contribution in [0.3, 0.4) is 0 Å². The van der Waals surface area contributed by atoms with E-state index in [9.17, 15) is 14.4 Å². The number of carboxylic acid groups (broad SMARTS) is 1. The number of carbonyl (C=O) groups is 3. The lowest BCUT2D eigenvalue weighted by Crippen LogP contribution is -2.10. The highest BCUT2D eigenvalue weighted by molar-refractivity contribution is 6.05. The summed E-state index contributed by atoms with van der Waals surface area (Å²) >= 11 is 0. The first kappa shape index (κ1) is 18.2. The highest BCUT2D eigenvalue weighted by Crippen LogP contribution is 2.21. The summed E-state index contributed by atoms with van der Waals surface area (Å²) in [5, 5.41) is 8.96. The molecule has 0 aliphatic carbocycles. The largest absolute Gasteiger partial charge is 0.489 e.